The van der Waals surface area contributed by atoms with E-state index in [2.05, 4.69) is 10.3 Å². The van der Waals surface area contributed by atoms with Crippen LogP contribution in [0, 0.1) is 5.82 Å². The van der Waals surface area contributed by atoms with Gasteiger partial charge in [-0.15, -0.1) is 0 Å². The van der Waals surface area contributed by atoms with Gasteiger partial charge in [-0.05, 0) is 6.07 Å². The molecule has 0 spiro atoms. The van der Waals surface area contributed by atoms with Crippen molar-refractivity contribution >= 4 is 22.7 Å². The minimum Gasteiger partial charge on any atom is -0.437 e. The summed E-state index contributed by atoms with van der Waals surface area (Å²) in [6.45, 7) is 1.91. The summed E-state index contributed by atoms with van der Waals surface area (Å²) in [5.74, 6) is 0.0578. The Morgan fingerprint density at radius 3 is 3.12 bits per heavy atom. The molecule has 1 atom stereocenters. The third-order valence-corrected chi connectivity index (χ3v) is 2.93. The highest BCUT2D eigenvalue weighted by Gasteiger charge is 2.22. The highest BCUT2D eigenvalue weighted by Crippen LogP contribution is 2.28. The van der Waals surface area contributed by atoms with Gasteiger partial charge in [0.25, 0.3) is 0 Å². The molecule has 1 fully saturated rings. The van der Waals surface area contributed by atoms with Crippen molar-refractivity contribution in [1.82, 2.24) is 10.3 Å². The summed E-state index contributed by atoms with van der Waals surface area (Å²) in [4.78, 5) is 4.22. The maximum absolute atomic E-state index is 13.1. The summed E-state index contributed by atoms with van der Waals surface area (Å²) < 4.78 is 24.0. The number of nitrogens with zero attached hydrogens (tertiary/aromatic N) is 1. The third kappa shape index (κ3) is 2.01. The van der Waals surface area contributed by atoms with E-state index in [1.54, 1.807) is 0 Å². The molecule has 2 aromatic rings. The smallest absolute Gasteiger partial charge is 0.215 e. The highest BCUT2D eigenvalue weighted by atomic mass is 35.5. The van der Waals surface area contributed by atoms with E-state index in [9.17, 15) is 4.39 Å². The van der Waals surface area contributed by atoms with E-state index in [1.165, 1.54) is 12.1 Å². The summed E-state index contributed by atoms with van der Waals surface area (Å²) in [6.07, 6.45) is 0. The molecule has 0 aliphatic carbocycles. The van der Waals surface area contributed by atoms with Gasteiger partial charge >= 0.3 is 0 Å². The van der Waals surface area contributed by atoms with E-state index >= 15 is 0 Å². The van der Waals surface area contributed by atoms with Crippen molar-refractivity contribution in [3.05, 3.63) is 28.9 Å². The Bertz CT molecular complexity index is 552. The van der Waals surface area contributed by atoms with Gasteiger partial charge in [0.1, 0.15) is 17.4 Å². The van der Waals surface area contributed by atoms with E-state index in [4.69, 9.17) is 20.8 Å². The molecule has 1 aromatic carbocycles. The predicted molar refractivity (Wildman–Crippen MR) is 60.5 cm³/mol. The van der Waals surface area contributed by atoms with Crippen LogP contribution >= 0.6 is 11.6 Å². The molecule has 1 aliphatic rings. The monoisotopic (exact) mass is 256 g/mol. The highest BCUT2D eigenvalue weighted by molar-refractivity contribution is 6.34. The minimum absolute atomic E-state index is 0.102. The maximum Gasteiger partial charge on any atom is 0.215 e. The van der Waals surface area contributed by atoms with Gasteiger partial charge in [0, 0.05) is 12.6 Å². The number of hydrogen-bond donors (Lipinski definition) is 1. The Morgan fingerprint density at radius 2 is 2.35 bits per heavy atom. The number of ether oxygens (including phenoxy) is 1. The van der Waals surface area contributed by atoms with Crippen LogP contribution in [0.15, 0.2) is 16.5 Å². The van der Waals surface area contributed by atoms with Gasteiger partial charge < -0.3 is 14.5 Å². The minimum atomic E-state index is -0.421. The first-order valence-electron chi connectivity index (χ1n) is 5.30. The second-order valence-corrected chi connectivity index (χ2v) is 4.28. The van der Waals surface area contributed by atoms with Crippen LogP contribution in [0.3, 0.4) is 0 Å². The topological polar surface area (TPSA) is 47.3 Å². The largest absolute Gasteiger partial charge is 0.437 e. The molecular formula is C11H10ClFN2O2. The molecule has 1 aliphatic heterocycles. The summed E-state index contributed by atoms with van der Waals surface area (Å²) in [5.41, 5.74) is 0.841. The van der Waals surface area contributed by atoms with Crippen LogP contribution in [0.1, 0.15) is 11.9 Å². The summed E-state index contributed by atoms with van der Waals surface area (Å²) in [6, 6.07) is 2.41. The van der Waals surface area contributed by atoms with Crippen LogP contribution in [0.25, 0.3) is 11.1 Å². The molecule has 0 bridgehead atoms. The lowest BCUT2D eigenvalue weighted by Crippen LogP contribution is -2.34. The van der Waals surface area contributed by atoms with Crippen molar-refractivity contribution in [2.75, 3.05) is 19.8 Å². The van der Waals surface area contributed by atoms with Gasteiger partial charge in [0.15, 0.2) is 5.58 Å². The molecule has 0 radical (unpaired) electrons. The fraction of sp³-hybridized carbons (Fsp3) is 0.364. The standard InChI is InChI=1S/C11H10ClFN2O2/c12-7-3-6(13)4-8-10(7)17-11(15-8)9-5-16-2-1-14-9/h3-4,9,14H,1-2,5H2. The van der Waals surface area contributed by atoms with E-state index < -0.39 is 5.82 Å². The number of oxazole rings is 1. The first-order chi connectivity index (χ1) is 8.24. The molecule has 0 amide bonds. The van der Waals surface area contributed by atoms with Crippen LogP contribution in [-0.4, -0.2) is 24.7 Å². The Balaban J connectivity index is 2.03. The lowest BCUT2D eigenvalue weighted by Gasteiger charge is -2.20. The second kappa shape index (κ2) is 4.25. The number of morpholine rings is 1. The van der Waals surface area contributed by atoms with E-state index in [0.29, 0.717) is 30.2 Å². The number of rotatable bonds is 1. The molecule has 90 valence electrons. The molecule has 0 saturated carbocycles. The average Bonchev–Trinajstić information content (AvgIpc) is 2.74. The van der Waals surface area contributed by atoms with Crippen LogP contribution < -0.4 is 5.32 Å². The van der Waals surface area contributed by atoms with Gasteiger partial charge in [-0.2, -0.15) is 0 Å². The first kappa shape index (κ1) is 11.0. The van der Waals surface area contributed by atoms with Crippen molar-refractivity contribution in [3.8, 4) is 0 Å². The van der Waals surface area contributed by atoms with Crippen LogP contribution in [0.2, 0.25) is 5.02 Å². The van der Waals surface area contributed by atoms with Gasteiger partial charge in [0.2, 0.25) is 5.89 Å². The van der Waals surface area contributed by atoms with Crippen molar-refractivity contribution < 1.29 is 13.5 Å². The number of benzene rings is 1. The third-order valence-electron chi connectivity index (χ3n) is 2.65. The van der Waals surface area contributed by atoms with E-state index in [-0.39, 0.29) is 11.1 Å². The maximum atomic E-state index is 13.1. The Kier molecular flexibility index (Phi) is 2.74. The van der Waals surface area contributed by atoms with Crippen LogP contribution in [-0.2, 0) is 4.74 Å². The zero-order valence-corrected chi connectivity index (χ0v) is 9.63. The Morgan fingerprint density at radius 1 is 1.47 bits per heavy atom. The molecule has 3 rings (SSSR count). The number of aromatic nitrogens is 1. The summed E-state index contributed by atoms with van der Waals surface area (Å²) in [5, 5.41) is 3.44. The van der Waals surface area contributed by atoms with E-state index in [1.807, 2.05) is 0 Å². The normalized spacial score (nSPS) is 20.9. The number of fused-ring (bicyclic) bond motifs is 1. The Labute approximate surface area is 102 Å². The molecule has 1 N–H and O–H groups in total. The van der Waals surface area contributed by atoms with E-state index in [0.717, 1.165) is 6.54 Å². The lowest BCUT2D eigenvalue weighted by atomic mass is 10.3. The van der Waals surface area contributed by atoms with Crippen molar-refractivity contribution in [1.29, 1.82) is 0 Å². The molecule has 1 unspecified atom stereocenters. The zero-order chi connectivity index (χ0) is 11.8. The van der Waals surface area contributed by atoms with Crippen molar-refractivity contribution in [3.63, 3.8) is 0 Å². The summed E-state index contributed by atoms with van der Waals surface area (Å²) in [7, 11) is 0. The molecule has 4 nitrogen and oxygen atoms in total. The molecule has 6 heteroatoms. The number of hydrogen-bond acceptors (Lipinski definition) is 4. The van der Waals surface area contributed by atoms with Crippen molar-refractivity contribution in [2.24, 2.45) is 0 Å². The predicted octanol–water partition coefficient (Wildman–Crippen LogP) is 2.28. The molecule has 2 heterocycles. The van der Waals surface area contributed by atoms with Crippen LogP contribution in [0.5, 0.6) is 0 Å². The van der Waals surface area contributed by atoms with Crippen LogP contribution in [0.4, 0.5) is 4.39 Å². The quantitative estimate of drug-likeness (QED) is 0.850. The molecule has 1 saturated heterocycles. The fourth-order valence-electron chi connectivity index (χ4n) is 1.85. The lowest BCUT2D eigenvalue weighted by molar-refractivity contribution is 0.0687. The average molecular weight is 257 g/mol. The van der Waals surface area contributed by atoms with Gasteiger partial charge in [-0.3, -0.25) is 0 Å². The fourth-order valence-corrected chi connectivity index (χ4v) is 2.09. The number of halogens is 2. The second-order valence-electron chi connectivity index (χ2n) is 3.87. The van der Waals surface area contributed by atoms with Crippen molar-refractivity contribution in [2.45, 2.75) is 6.04 Å². The van der Waals surface area contributed by atoms with Gasteiger partial charge in [-0.25, -0.2) is 9.37 Å². The Hall–Kier alpha value is -1.17. The number of nitrogens with one attached hydrogen (secondary N) is 1. The first-order valence-corrected chi connectivity index (χ1v) is 5.68. The SMILES string of the molecule is Fc1cc(Cl)c2oc(C3COCCN3)nc2c1. The molecule has 17 heavy (non-hydrogen) atoms. The summed E-state index contributed by atoms with van der Waals surface area (Å²) >= 11 is 5.89. The molecular weight excluding hydrogens is 247 g/mol. The zero-order valence-electron chi connectivity index (χ0n) is 8.87. The molecule has 1 aromatic heterocycles. The van der Waals surface area contributed by atoms with Gasteiger partial charge in [-0.1, -0.05) is 11.6 Å². The van der Waals surface area contributed by atoms with Gasteiger partial charge in [0.05, 0.1) is 18.2 Å².